The molecular weight excluding hydrogens is 298 g/mol. The Bertz CT molecular complexity index is 577. The van der Waals surface area contributed by atoms with E-state index in [4.69, 9.17) is 6.42 Å². The van der Waals surface area contributed by atoms with Crippen LogP contribution in [-0.4, -0.2) is 15.4 Å². The van der Waals surface area contributed by atoms with E-state index in [-0.39, 0.29) is 62.5 Å². The first-order chi connectivity index (χ1) is 7.62. The molecule has 9 heteroatoms. The second kappa shape index (κ2) is 6.54. The predicted octanol–water partition coefficient (Wildman–Crippen LogP) is -1.47. The van der Waals surface area contributed by atoms with Crippen molar-refractivity contribution in [3.63, 3.8) is 0 Å². The average Bonchev–Trinajstić information content (AvgIpc) is 2.13. The molecule has 0 spiro atoms. The largest absolute Gasteiger partial charge is 1.00 e. The van der Waals surface area contributed by atoms with Crippen LogP contribution in [0.25, 0.3) is 0 Å². The molecule has 2 nitrogen and oxygen atoms in total. The van der Waals surface area contributed by atoms with Gasteiger partial charge in [-0.3, -0.25) is 0 Å². The molecule has 18 heavy (non-hydrogen) atoms. The van der Waals surface area contributed by atoms with Crippen LogP contribution in [0.2, 0.25) is 0 Å². The van der Waals surface area contributed by atoms with E-state index in [1.807, 2.05) is 5.92 Å². The topological polar surface area (TPSA) is 34.1 Å². The summed E-state index contributed by atoms with van der Waals surface area (Å²) in [5.41, 5.74) is -1.50. The van der Waals surface area contributed by atoms with Crippen LogP contribution in [0, 0.1) is 12.3 Å². The second-order valence-corrected chi connectivity index (χ2v) is 4.73. The van der Waals surface area contributed by atoms with Gasteiger partial charge >= 0.3 is 68.6 Å². The van der Waals surface area contributed by atoms with Gasteiger partial charge in [-0.05, 0) is 11.6 Å². The van der Waals surface area contributed by atoms with Gasteiger partial charge in [0.1, 0.15) is 5.75 Å². The minimum Gasteiger partial charge on any atom is -0.445 e. The van der Waals surface area contributed by atoms with Gasteiger partial charge in [-0.15, -0.1) is 15.8 Å². The Kier molecular flexibility index (Phi) is 6.60. The average molecular weight is 304 g/mol. The van der Waals surface area contributed by atoms with Crippen LogP contribution in [0.4, 0.5) is 16.8 Å². The van der Waals surface area contributed by atoms with Crippen molar-refractivity contribution in [1.29, 1.82) is 0 Å². The van der Waals surface area contributed by atoms with Gasteiger partial charge in [0.2, 0.25) is 0 Å². The van der Waals surface area contributed by atoms with Gasteiger partial charge < -0.3 is 12.9 Å². The first kappa shape index (κ1) is 18.2. The van der Waals surface area contributed by atoms with E-state index in [9.17, 15) is 25.3 Å². The molecule has 0 N–H and O–H groups in total. The number of terminal acetylenes is 1. The Morgan fingerprint density at radius 1 is 1.22 bits per heavy atom. The molecule has 92 valence electrons. The zero-order valence-corrected chi connectivity index (χ0v) is 13.3. The smallest absolute Gasteiger partial charge is 0.445 e. The number of hydrogen-bond acceptors (Lipinski definition) is 2. The third kappa shape index (κ3) is 5.86. The summed E-state index contributed by atoms with van der Waals surface area (Å²) in [5, 5.41) is 0. The molecule has 1 rings (SSSR count). The van der Waals surface area contributed by atoms with Crippen molar-refractivity contribution in [3.05, 3.63) is 29.3 Å². The van der Waals surface area contributed by atoms with Gasteiger partial charge in [0, 0.05) is 5.56 Å². The Morgan fingerprint density at radius 2 is 1.78 bits per heavy atom. The maximum atomic E-state index is 12.5. The molecule has 0 aliphatic rings. The van der Waals surface area contributed by atoms with E-state index in [1.54, 1.807) is 0 Å². The third-order valence-corrected chi connectivity index (χ3v) is 2.58. The van der Waals surface area contributed by atoms with Crippen molar-refractivity contribution in [2.75, 3.05) is 0 Å². The summed E-state index contributed by atoms with van der Waals surface area (Å²) in [5.74, 6) is 0.835. The van der Waals surface area contributed by atoms with E-state index < -0.39 is 28.4 Å². The zero-order valence-electron chi connectivity index (χ0n) is 9.33. The molecule has 0 radical (unpaired) electrons. The molecule has 0 aliphatic carbocycles. The fourth-order valence-corrected chi connectivity index (χ4v) is 1.84. The molecule has 0 saturated heterocycles. The standard InChI is InChI=1S/C9H6BF4O2S.K/c1-2-7-3-8(6-17(14,15)16)5-9(4-7)10(11,12)13;/h1,3-5H,6H2;/q-1;+1. The first-order valence-electron chi connectivity index (χ1n) is 4.34. The van der Waals surface area contributed by atoms with Crippen molar-refractivity contribution < 1.29 is 76.6 Å². The maximum Gasteiger partial charge on any atom is 1.00 e. The van der Waals surface area contributed by atoms with E-state index in [2.05, 4.69) is 0 Å². The molecule has 0 unspecified atom stereocenters. The molecule has 1 aromatic carbocycles. The molecule has 0 fully saturated rings. The van der Waals surface area contributed by atoms with E-state index in [0.29, 0.717) is 12.1 Å². The molecule has 0 heterocycles. The minimum atomic E-state index is -5.31. The quantitative estimate of drug-likeness (QED) is 0.296. The van der Waals surface area contributed by atoms with Gasteiger partial charge in [-0.2, -0.15) is 8.42 Å². The van der Waals surface area contributed by atoms with Crippen LogP contribution in [0.5, 0.6) is 0 Å². The van der Waals surface area contributed by atoms with Crippen molar-refractivity contribution in [1.82, 2.24) is 0 Å². The molecule has 0 atom stereocenters. The Balaban J connectivity index is 0.00000289. The summed E-state index contributed by atoms with van der Waals surface area (Å²) in [6, 6.07) is 2.33. The van der Waals surface area contributed by atoms with E-state index in [0.717, 1.165) is 6.07 Å². The van der Waals surface area contributed by atoms with Crippen LogP contribution < -0.4 is 56.8 Å². The molecule has 0 aliphatic heterocycles. The Labute approximate surface area is 145 Å². The summed E-state index contributed by atoms with van der Waals surface area (Å²) in [6.07, 6.45) is 4.94. The van der Waals surface area contributed by atoms with Gasteiger partial charge in [0.25, 0.3) is 0 Å². The summed E-state index contributed by atoms with van der Waals surface area (Å²) in [6.45, 7) is -5.31. The first-order valence-corrected chi connectivity index (χ1v) is 5.90. The SMILES string of the molecule is C#Cc1cc(CS(=O)(=O)F)cc([B-](F)(F)F)c1.[K+]. The minimum absolute atomic E-state index is 0. The zero-order chi connectivity index (χ0) is 13.3. The monoisotopic (exact) mass is 304 g/mol. The number of hydrogen-bond donors (Lipinski definition) is 0. The van der Waals surface area contributed by atoms with Crippen LogP contribution in [0.3, 0.4) is 0 Å². The summed E-state index contributed by atoms with van der Waals surface area (Å²) in [7, 11) is -4.89. The summed E-state index contributed by atoms with van der Waals surface area (Å²) >= 11 is 0. The maximum absolute atomic E-state index is 12.5. The van der Waals surface area contributed by atoms with Crippen LogP contribution >= 0.6 is 0 Å². The normalized spacial score (nSPS) is 11.5. The molecule has 0 bridgehead atoms. The molecule has 1 aromatic rings. The molecule has 0 amide bonds. The van der Waals surface area contributed by atoms with Crippen LogP contribution in [0.1, 0.15) is 11.1 Å². The van der Waals surface area contributed by atoms with E-state index in [1.165, 1.54) is 0 Å². The molecule has 0 saturated carbocycles. The summed E-state index contributed by atoms with van der Waals surface area (Å²) < 4.78 is 70.5. The van der Waals surface area contributed by atoms with Crippen molar-refractivity contribution >= 4 is 22.7 Å². The van der Waals surface area contributed by atoms with Crippen molar-refractivity contribution in [2.24, 2.45) is 0 Å². The van der Waals surface area contributed by atoms with Crippen LogP contribution in [0.15, 0.2) is 18.2 Å². The van der Waals surface area contributed by atoms with Crippen LogP contribution in [-0.2, 0) is 16.0 Å². The number of halogens is 4. The third-order valence-electron chi connectivity index (χ3n) is 1.90. The predicted molar refractivity (Wildman–Crippen MR) is 56.8 cm³/mol. The van der Waals surface area contributed by atoms with Gasteiger partial charge in [0.15, 0.2) is 0 Å². The number of rotatable bonds is 3. The van der Waals surface area contributed by atoms with Crippen molar-refractivity contribution in [2.45, 2.75) is 5.75 Å². The van der Waals surface area contributed by atoms with Crippen molar-refractivity contribution in [3.8, 4) is 12.3 Å². The van der Waals surface area contributed by atoms with E-state index >= 15 is 0 Å². The number of benzene rings is 1. The molecular formula is C9H6BF4KO2S. The van der Waals surface area contributed by atoms with Gasteiger partial charge in [-0.1, -0.05) is 18.1 Å². The Morgan fingerprint density at radius 3 is 2.17 bits per heavy atom. The second-order valence-electron chi connectivity index (χ2n) is 3.37. The summed E-state index contributed by atoms with van der Waals surface area (Å²) in [4.78, 5) is 0. The van der Waals surface area contributed by atoms with Gasteiger partial charge in [-0.25, -0.2) is 0 Å². The Hall–Kier alpha value is 0.151. The fraction of sp³-hybridized carbons (Fsp3) is 0.111. The molecule has 0 aromatic heterocycles. The fourth-order valence-electron chi connectivity index (χ4n) is 1.27. The van der Waals surface area contributed by atoms with Gasteiger partial charge in [0.05, 0.1) is 0 Å².